The molecule has 3 aromatic rings. The third-order valence-corrected chi connectivity index (χ3v) is 9.29. The Bertz CT molecular complexity index is 1270. The van der Waals surface area contributed by atoms with E-state index in [1.54, 1.807) is 66.0 Å². The monoisotopic (exact) mass is 552 g/mol. The van der Waals surface area contributed by atoms with Gasteiger partial charge in [0.05, 0.1) is 5.92 Å². The fourth-order valence-corrected chi connectivity index (χ4v) is 6.96. The van der Waals surface area contributed by atoms with Crippen molar-refractivity contribution in [2.75, 3.05) is 18.4 Å². The van der Waals surface area contributed by atoms with Crippen molar-refractivity contribution in [3.05, 3.63) is 81.7 Å². The molecule has 1 saturated heterocycles. The summed E-state index contributed by atoms with van der Waals surface area (Å²) in [5.74, 6) is -1.63. The molecule has 1 unspecified atom stereocenters. The zero-order valence-corrected chi connectivity index (χ0v) is 21.5. The molecule has 0 bridgehead atoms. The summed E-state index contributed by atoms with van der Waals surface area (Å²) in [4.78, 5) is 26.1. The third kappa shape index (κ3) is 6.23. The zero-order valence-electron chi connectivity index (χ0n) is 18.4. The Morgan fingerprint density at radius 1 is 1.00 bits per heavy atom. The highest BCUT2D eigenvalue weighted by Gasteiger charge is 2.35. The van der Waals surface area contributed by atoms with Gasteiger partial charge in [-0.3, -0.25) is 9.59 Å². The quantitative estimate of drug-likeness (QED) is 0.397. The summed E-state index contributed by atoms with van der Waals surface area (Å²) in [6.45, 7) is 0.395. The molecule has 1 atom stereocenters. The van der Waals surface area contributed by atoms with E-state index in [0.29, 0.717) is 34.1 Å². The van der Waals surface area contributed by atoms with Crippen LogP contribution in [0.25, 0.3) is 0 Å². The van der Waals surface area contributed by atoms with Crippen LogP contribution >= 0.6 is 34.5 Å². The Morgan fingerprint density at radius 3 is 2.26 bits per heavy atom. The van der Waals surface area contributed by atoms with E-state index < -0.39 is 33.9 Å². The molecule has 0 saturated carbocycles. The number of amides is 1. The van der Waals surface area contributed by atoms with Gasteiger partial charge in [0.1, 0.15) is 4.21 Å². The Morgan fingerprint density at radius 2 is 1.66 bits per heavy atom. The number of hydrogen-bond donors (Lipinski definition) is 1. The Labute approximate surface area is 217 Å². The number of nitrogens with one attached hydrogen (secondary N) is 1. The molecular formula is C24H22Cl2N2O5S2. The molecule has 35 heavy (non-hydrogen) atoms. The third-order valence-electron chi connectivity index (χ3n) is 5.58. The van der Waals surface area contributed by atoms with Gasteiger partial charge in [-0.15, -0.1) is 11.3 Å². The van der Waals surface area contributed by atoms with E-state index in [1.165, 1.54) is 4.31 Å². The molecule has 1 fully saturated rings. The first-order valence-corrected chi connectivity index (χ1v) is 13.9. The van der Waals surface area contributed by atoms with Gasteiger partial charge in [0.15, 0.2) is 0 Å². The van der Waals surface area contributed by atoms with Crippen LogP contribution in [0.3, 0.4) is 0 Å². The fourth-order valence-electron chi connectivity index (χ4n) is 3.82. The summed E-state index contributed by atoms with van der Waals surface area (Å²) in [6, 6.07) is 16.5. The Hall–Kier alpha value is -2.43. The minimum atomic E-state index is -3.57. The zero-order chi connectivity index (χ0) is 25.0. The number of halogens is 2. The number of ether oxygens (including phenoxy) is 1. The summed E-state index contributed by atoms with van der Waals surface area (Å²) in [7, 11) is -3.57. The molecule has 7 nitrogen and oxygen atoms in total. The predicted octanol–water partition coefficient (Wildman–Crippen LogP) is 5.38. The molecule has 1 aliphatic rings. The number of esters is 1. The van der Waals surface area contributed by atoms with Gasteiger partial charge >= 0.3 is 5.97 Å². The molecule has 1 amide bonds. The minimum absolute atomic E-state index is 0.198. The largest absolute Gasteiger partial charge is 0.447 e. The summed E-state index contributed by atoms with van der Waals surface area (Å²) in [6.07, 6.45) is -0.596. The van der Waals surface area contributed by atoms with E-state index in [4.69, 9.17) is 27.9 Å². The van der Waals surface area contributed by atoms with Crippen LogP contribution in [0.2, 0.25) is 10.0 Å². The van der Waals surface area contributed by atoms with Crippen LogP contribution in [0.1, 0.15) is 24.5 Å². The standard InChI is InChI=1S/C24H22Cl2N2O5S2/c25-18-13-19(26)15-20(14-18)27-23(29)22(16-5-2-1-3-6-16)33-24(30)17-8-10-28(11-9-17)35(31,32)21-7-4-12-34-21/h1-7,12-15,17,22H,8-11H2,(H,27,29). The first-order valence-electron chi connectivity index (χ1n) is 10.8. The molecule has 0 aliphatic carbocycles. The second-order valence-electron chi connectivity index (χ2n) is 7.99. The highest BCUT2D eigenvalue weighted by atomic mass is 35.5. The normalized spacial score (nSPS) is 15.9. The fraction of sp³-hybridized carbons (Fsp3) is 0.250. The molecule has 1 aliphatic heterocycles. The highest BCUT2D eigenvalue weighted by Crippen LogP contribution is 2.30. The Balaban J connectivity index is 1.45. The summed E-state index contributed by atoms with van der Waals surface area (Å²) in [5.41, 5.74) is 0.876. The maximum Gasteiger partial charge on any atom is 0.310 e. The summed E-state index contributed by atoms with van der Waals surface area (Å²) < 4.78 is 32.8. The number of carbonyl (C=O) groups excluding carboxylic acids is 2. The second-order valence-corrected chi connectivity index (χ2v) is 12.0. The lowest BCUT2D eigenvalue weighted by Gasteiger charge is -2.30. The van der Waals surface area contributed by atoms with Crippen molar-refractivity contribution in [1.82, 2.24) is 4.31 Å². The van der Waals surface area contributed by atoms with Crippen molar-refractivity contribution in [3.63, 3.8) is 0 Å². The van der Waals surface area contributed by atoms with Crippen LogP contribution in [0.4, 0.5) is 5.69 Å². The van der Waals surface area contributed by atoms with Gasteiger partial charge in [0, 0.05) is 34.4 Å². The number of nitrogens with zero attached hydrogens (tertiary/aromatic N) is 1. The molecule has 0 radical (unpaired) electrons. The number of sulfonamides is 1. The number of rotatable bonds is 7. The van der Waals surface area contributed by atoms with Gasteiger partial charge in [-0.05, 0) is 42.5 Å². The van der Waals surface area contributed by atoms with Crippen molar-refractivity contribution in [2.45, 2.75) is 23.2 Å². The molecule has 0 spiro atoms. The van der Waals surface area contributed by atoms with Crippen LogP contribution in [0.5, 0.6) is 0 Å². The topological polar surface area (TPSA) is 92.8 Å². The lowest BCUT2D eigenvalue weighted by atomic mass is 9.98. The first-order chi connectivity index (χ1) is 16.7. The van der Waals surface area contributed by atoms with E-state index in [9.17, 15) is 18.0 Å². The van der Waals surface area contributed by atoms with E-state index in [-0.39, 0.29) is 17.3 Å². The molecule has 2 heterocycles. The highest BCUT2D eigenvalue weighted by molar-refractivity contribution is 7.91. The maximum atomic E-state index is 13.1. The summed E-state index contributed by atoms with van der Waals surface area (Å²) in [5, 5.41) is 5.12. The van der Waals surface area contributed by atoms with Crippen LogP contribution in [-0.2, 0) is 24.3 Å². The van der Waals surface area contributed by atoms with Crippen molar-refractivity contribution in [3.8, 4) is 0 Å². The van der Waals surface area contributed by atoms with Crippen LogP contribution in [0, 0.1) is 5.92 Å². The van der Waals surface area contributed by atoms with Crippen LogP contribution in [-0.4, -0.2) is 37.7 Å². The molecular weight excluding hydrogens is 531 g/mol. The van der Waals surface area contributed by atoms with Crippen molar-refractivity contribution in [1.29, 1.82) is 0 Å². The minimum Gasteiger partial charge on any atom is -0.447 e. The number of anilines is 1. The second kappa shape index (κ2) is 11.1. The lowest BCUT2D eigenvalue weighted by molar-refractivity contribution is -0.160. The molecule has 1 aromatic heterocycles. The van der Waals surface area contributed by atoms with Gasteiger partial charge in [0.2, 0.25) is 6.10 Å². The van der Waals surface area contributed by atoms with E-state index in [0.717, 1.165) is 11.3 Å². The van der Waals surface area contributed by atoms with Crippen molar-refractivity contribution < 1.29 is 22.7 Å². The number of hydrogen-bond acceptors (Lipinski definition) is 6. The predicted molar refractivity (Wildman–Crippen MR) is 136 cm³/mol. The number of carbonyl (C=O) groups is 2. The molecule has 2 aromatic carbocycles. The van der Waals surface area contributed by atoms with Gasteiger partial charge in [-0.2, -0.15) is 4.31 Å². The van der Waals surface area contributed by atoms with Crippen molar-refractivity contribution in [2.24, 2.45) is 5.92 Å². The smallest absolute Gasteiger partial charge is 0.310 e. The molecule has 184 valence electrons. The number of thiophene rings is 1. The SMILES string of the molecule is O=C(OC(C(=O)Nc1cc(Cl)cc(Cl)c1)c1ccccc1)C1CCN(S(=O)(=O)c2cccs2)CC1. The van der Waals surface area contributed by atoms with E-state index >= 15 is 0 Å². The maximum absolute atomic E-state index is 13.1. The van der Waals surface area contributed by atoms with Gasteiger partial charge < -0.3 is 10.1 Å². The number of piperidine rings is 1. The van der Waals surface area contributed by atoms with E-state index in [1.807, 2.05) is 0 Å². The summed E-state index contributed by atoms with van der Waals surface area (Å²) >= 11 is 13.2. The average molecular weight is 553 g/mol. The van der Waals surface area contributed by atoms with Crippen LogP contribution < -0.4 is 5.32 Å². The van der Waals surface area contributed by atoms with Crippen LogP contribution in [0.15, 0.2) is 70.3 Å². The van der Waals surface area contributed by atoms with E-state index in [2.05, 4.69) is 5.32 Å². The Kier molecular flexibility index (Phi) is 8.13. The molecule has 11 heteroatoms. The van der Waals surface area contributed by atoms with Gasteiger partial charge in [-0.25, -0.2) is 8.42 Å². The van der Waals surface area contributed by atoms with Gasteiger partial charge in [-0.1, -0.05) is 59.6 Å². The molecule has 1 N–H and O–H groups in total. The number of benzene rings is 2. The van der Waals surface area contributed by atoms with Gasteiger partial charge in [0.25, 0.3) is 15.9 Å². The lowest BCUT2D eigenvalue weighted by Crippen LogP contribution is -2.41. The first kappa shape index (κ1) is 25.7. The average Bonchev–Trinajstić information content (AvgIpc) is 3.38. The van der Waals surface area contributed by atoms with Crippen molar-refractivity contribution >= 4 is 62.1 Å². The molecule has 4 rings (SSSR count).